The van der Waals surface area contributed by atoms with E-state index in [1.807, 2.05) is 0 Å². The lowest BCUT2D eigenvalue weighted by Gasteiger charge is -2.41. The topological polar surface area (TPSA) is 29.5 Å². The fourth-order valence-corrected chi connectivity index (χ4v) is 4.19. The SMILES string of the molecule is CCCCCOC1CCC(C2CCC(CO)C(F)C2F)CC1F. The van der Waals surface area contributed by atoms with E-state index >= 15 is 0 Å². The van der Waals surface area contributed by atoms with Crippen molar-refractivity contribution in [2.24, 2.45) is 17.8 Å². The van der Waals surface area contributed by atoms with Crippen molar-refractivity contribution in [3.05, 3.63) is 0 Å². The van der Waals surface area contributed by atoms with E-state index in [0.29, 0.717) is 32.3 Å². The van der Waals surface area contributed by atoms with Gasteiger partial charge in [0.05, 0.1) is 6.10 Å². The van der Waals surface area contributed by atoms with Gasteiger partial charge in [-0.15, -0.1) is 0 Å². The van der Waals surface area contributed by atoms with Crippen LogP contribution in [0.25, 0.3) is 0 Å². The second-order valence-electron chi connectivity index (χ2n) is 7.28. The zero-order valence-corrected chi connectivity index (χ0v) is 14.1. The van der Waals surface area contributed by atoms with Gasteiger partial charge in [-0.2, -0.15) is 0 Å². The number of alkyl halides is 3. The fourth-order valence-electron chi connectivity index (χ4n) is 4.19. The lowest BCUT2D eigenvalue weighted by atomic mass is 9.68. The highest BCUT2D eigenvalue weighted by atomic mass is 19.2. The summed E-state index contributed by atoms with van der Waals surface area (Å²) in [5.41, 5.74) is 0. The summed E-state index contributed by atoms with van der Waals surface area (Å²) in [6.07, 6.45) is 1.13. The number of unbranched alkanes of at least 4 members (excludes halogenated alkanes) is 2. The van der Waals surface area contributed by atoms with Crippen molar-refractivity contribution in [2.45, 2.75) is 82.9 Å². The van der Waals surface area contributed by atoms with Crippen molar-refractivity contribution in [2.75, 3.05) is 13.2 Å². The Hall–Kier alpha value is -0.290. The van der Waals surface area contributed by atoms with Crippen molar-refractivity contribution in [1.82, 2.24) is 0 Å². The third kappa shape index (κ3) is 4.85. The average molecular weight is 336 g/mol. The Morgan fingerprint density at radius 2 is 1.78 bits per heavy atom. The first-order valence-corrected chi connectivity index (χ1v) is 9.23. The van der Waals surface area contributed by atoms with Crippen molar-refractivity contribution in [3.63, 3.8) is 0 Å². The van der Waals surface area contributed by atoms with Crippen molar-refractivity contribution < 1.29 is 23.0 Å². The summed E-state index contributed by atoms with van der Waals surface area (Å²) in [5.74, 6) is -1.11. The molecule has 0 saturated heterocycles. The highest BCUT2D eigenvalue weighted by Crippen LogP contribution is 2.43. The molecule has 0 aromatic heterocycles. The van der Waals surface area contributed by atoms with E-state index in [-0.39, 0.29) is 25.0 Å². The molecular formula is C18H31F3O2. The van der Waals surface area contributed by atoms with Crippen LogP contribution in [0.3, 0.4) is 0 Å². The molecule has 2 rings (SSSR count). The zero-order valence-electron chi connectivity index (χ0n) is 14.1. The molecule has 2 aliphatic carbocycles. The number of halogens is 3. The van der Waals surface area contributed by atoms with Gasteiger partial charge in [-0.1, -0.05) is 19.8 Å². The second kappa shape index (κ2) is 9.26. The van der Waals surface area contributed by atoms with Crippen molar-refractivity contribution in [1.29, 1.82) is 0 Å². The van der Waals surface area contributed by atoms with Crippen LogP contribution in [0.4, 0.5) is 13.2 Å². The van der Waals surface area contributed by atoms with Crippen LogP contribution in [0.1, 0.15) is 58.3 Å². The number of aliphatic hydroxyl groups excluding tert-OH is 1. The van der Waals surface area contributed by atoms with Crippen LogP contribution in [0, 0.1) is 17.8 Å². The predicted octanol–water partition coefficient (Wildman–Crippen LogP) is 4.39. The van der Waals surface area contributed by atoms with Gasteiger partial charge in [0.2, 0.25) is 0 Å². The highest BCUT2D eigenvalue weighted by molar-refractivity contribution is 4.94. The maximum atomic E-state index is 14.3. The molecule has 0 aromatic rings. The zero-order chi connectivity index (χ0) is 16.8. The fraction of sp³-hybridized carbons (Fsp3) is 1.00. The Morgan fingerprint density at radius 3 is 2.43 bits per heavy atom. The van der Waals surface area contributed by atoms with E-state index in [1.165, 1.54) is 0 Å². The number of hydrogen-bond acceptors (Lipinski definition) is 2. The Balaban J connectivity index is 1.80. The minimum Gasteiger partial charge on any atom is -0.396 e. The molecule has 0 radical (unpaired) electrons. The molecule has 1 N–H and O–H groups in total. The predicted molar refractivity (Wildman–Crippen MR) is 84.6 cm³/mol. The van der Waals surface area contributed by atoms with E-state index < -0.39 is 30.4 Å². The molecule has 0 spiro atoms. The molecule has 0 heterocycles. The lowest BCUT2D eigenvalue weighted by molar-refractivity contribution is -0.0696. The molecule has 23 heavy (non-hydrogen) atoms. The largest absolute Gasteiger partial charge is 0.396 e. The third-order valence-corrected chi connectivity index (χ3v) is 5.71. The van der Waals surface area contributed by atoms with Crippen LogP contribution in [0.2, 0.25) is 0 Å². The van der Waals surface area contributed by atoms with E-state index in [2.05, 4.69) is 6.92 Å². The molecule has 0 amide bonds. The minimum absolute atomic E-state index is 0.103. The standard InChI is InChI=1S/C18H31F3O2/c1-2-3-4-9-23-16-8-6-12(10-15(16)19)14-7-5-13(11-22)17(20)18(14)21/h12-18,22H,2-11H2,1H3. The molecule has 5 heteroatoms. The average Bonchev–Trinajstić information content (AvgIpc) is 2.55. The van der Waals surface area contributed by atoms with Gasteiger partial charge in [-0.25, -0.2) is 13.2 Å². The first kappa shape index (κ1) is 19.0. The molecule has 7 unspecified atom stereocenters. The monoisotopic (exact) mass is 336 g/mol. The van der Waals surface area contributed by atoms with Gasteiger partial charge < -0.3 is 9.84 Å². The van der Waals surface area contributed by atoms with Gasteiger partial charge in [-0.05, 0) is 50.4 Å². The summed E-state index contributed by atoms with van der Waals surface area (Å²) in [5, 5.41) is 9.09. The first-order chi connectivity index (χ1) is 11.1. The summed E-state index contributed by atoms with van der Waals surface area (Å²) in [4.78, 5) is 0. The van der Waals surface area contributed by atoms with Gasteiger partial charge in [-0.3, -0.25) is 0 Å². The molecule has 2 aliphatic rings. The number of hydrogen-bond donors (Lipinski definition) is 1. The van der Waals surface area contributed by atoms with Gasteiger partial charge in [0.25, 0.3) is 0 Å². The molecule has 2 nitrogen and oxygen atoms in total. The maximum Gasteiger partial charge on any atom is 0.136 e. The van der Waals surface area contributed by atoms with Gasteiger partial charge in [0, 0.05) is 19.1 Å². The molecular weight excluding hydrogens is 305 g/mol. The molecule has 0 aromatic carbocycles. The van der Waals surface area contributed by atoms with Crippen molar-refractivity contribution in [3.8, 4) is 0 Å². The Kier molecular flexibility index (Phi) is 7.67. The van der Waals surface area contributed by atoms with Crippen LogP contribution in [0.5, 0.6) is 0 Å². The highest BCUT2D eigenvalue weighted by Gasteiger charge is 2.45. The smallest absolute Gasteiger partial charge is 0.136 e. The molecule has 0 bridgehead atoms. The van der Waals surface area contributed by atoms with E-state index in [9.17, 15) is 13.2 Å². The van der Waals surface area contributed by atoms with E-state index in [0.717, 1.165) is 19.3 Å². The normalized spacial score (nSPS) is 41.9. The molecule has 2 saturated carbocycles. The molecule has 0 aliphatic heterocycles. The summed E-state index contributed by atoms with van der Waals surface area (Å²) < 4.78 is 48.3. The summed E-state index contributed by atoms with van der Waals surface area (Å²) in [7, 11) is 0. The van der Waals surface area contributed by atoms with Crippen LogP contribution in [-0.2, 0) is 4.74 Å². The Morgan fingerprint density at radius 1 is 1.00 bits per heavy atom. The summed E-state index contributed by atoms with van der Waals surface area (Å²) in [6.45, 7) is 2.39. The Bertz CT molecular complexity index is 342. The van der Waals surface area contributed by atoms with Gasteiger partial charge >= 0.3 is 0 Å². The number of rotatable bonds is 7. The maximum absolute atomic E-state index is 14.3. The summed E-state index contributed by atoms with van der Waals surface area (Å²) in [6, 6.07) is 0. The lowest BCUT2D eigenvalue weighted by Crippen LogP contribution is -2.45. The molecule has 2 fully saturated rings. The first-order valence-electron chi connectivity index (χ1n) is 9.23. The van der Waals surface area contributed by atoms with E-state index in [4.69, 9.17) is 9.84 Å². The van der Waals surface area contributed by atoms with Gasteiger partial charge in [0.15, 0.2) is 0 Å². The molecule has 136 valence electrons. The summed E-state index contributed by atoms with van der Waals surface area (Å²) >= 11 is 0. The van der Waals surface area contributed by atoms with Crippen LogP contribution in [0.15, 0.2) is 0 Å². The van der Waals surface area contributed by atoms with Crippen LogP contribution < -0.4 is 0 Å². The van der Waals surface area contributed by atoms with Crippen molar-refractivity contribution >= 4 is 0 Å². The third-order valence-electron chi connectivity index (χ3n) is 5.71. The molecule has 7 atom stereocenters. The number of ether oxygens (including phenoxy) is 1. The van der Waals surface area contributed by atoms with E-state index in [1.54, 1.807) is 0 Å². The quantitative estimate of drug-likeness (QED) is 0.699. The Labute approximate surface area is 137 Å². The van der Waals surface area contributed by atoms with Crippen LogP contribution in [-0.4, -0.2) is 42.9 Å². The number of aliphatic hydroxyl groups is 1. The minimum atomic E-state index is -1.61. The van der Waals surface area contributed by atoms with Crippen LogP contribution >= 0.6 is 0 Å². The van der Waals surface area contributed by atoms with Gasteiger partial charge in [0.1, 0.15) is 18.5 Å². The second-order valence-corrected chi connectivity index (χ2v) is 7.28.